The summed E-state index contributed by atoms with van der Waals surface area (Å²) in [5.74, 6) is -5.55. The average molecular weight is 462 g/mol. The number of fused-ring (bicyclic) bond motifs is 3. The molecule has 1 aliphatic heterocycles. The number of ether oxygens (including phenoxy) is 1. The van der Waals surface area contributed by atoms with Gasteiger partial charge in [0, 0.05) is 19.0 Å². The lowest BCUT2D eigenvalue weighted by atomic mass is 9.98. The Morgan fingerprint density at radius 2 is 1.64 bits per heavy atom. The second-order valence-electron chi connectivity index (χ2n) is 7.97. The molecule has 0 bridgehead atoms. The molecular formula is C23H21F3N2O5. The van der Waals surface area contributed by atoms with Gasteiger partial charge in [-0.15, -0.1) is 0 Å². The molecule has 2 atom stereocenters. The van der Waals surface area contributed by atoms with Crippen LogP contribution < -0.4 is 5.32 Å². The molecule has 0 spiro atoms. The minimum Gasteiger partial charge on any atom is -0.480 e. The molecule has 0 aromatic heterocycles. The van der Waals surface area contributed by atoms with E-state index >= 15 is 0 Å². The van der Waals surface area contributed by atoms with E-state index in [1.165, 1.54) is 0 Å². The maximum absolute atomic E-state index is 13.4. The monoisotopic (exact) mass is 462 g/mol. The highest BCUT2D eigenvalue weighted by atomic mass is 19.4. The van der Waals surface area contributed by atoms with Crippen molar-refractivity contribution in [1.29, 1.82) is 0 Å². The van der Waals surface area contributed by atoms with Gasteiger partial charge >= 0.3 is 18.2 Å². The number of hydrogen-bond acceptors (Lipinski definition) is 4. The van der Waals surface area contributed by atoms with Gasteiger partial charge in [0.1, 0.15) is 12.6 Å². The second kappa shape index (κ2) is 8.76. The number of hydrogen-bond donors (Lipinski definition) is 2. The Balaban J connectivity index is 1.38. The molecule has 2 aromatic carbocycles. The summed E-state index contributed by atoms with van der Waals surface area (Å²) in [6, 6.07) is 13.9. The first-order valence-electron chi connectivity index (χ1n) is 10.4. The molecule has 174 valence electrons. The van der Waals surface area contributed by atoms with Crippen molar-refractivity contribution in [1.82, 2.24) is 10.2 Å². The molecular weight excluding hydrogens is 441 g/mol. The molecule has 1 saturated heterocycles. The number of carboxylic acids is 1. The van der Waals surface area contributed by atoms with Crippen LogP contribution in [-0.2, 0) is 14.3 Å². The zero-order valence-electron chi connectivity index (χ0n) is 17.3. The van der Waals surface area contributed by atoms with E-state index in [1.807, 2.05) is 53.8 Å². The van der Waals surface area contributed by atoms with E-state index in [2.05, 4.69) is 0 Å². The Morgan fingerprint density at radius 1 is 1.06 bits per heavy atom. The summed E-state index contributed by atoms with van der Waals surface area (Å²) in [6.45, 7) is -1.20. The number of alkyl carbamates (subject to hydrolysis) is 1. The summed E-state index contributed by atoms with van der Waals surface area (Å²) in [7, 11) is 0. The highest BCUT2D eigenvalue weighted by Crippen LogP contribution is 2.44. The molecule has 0 saturated carbocycles. The molecule has 33 heavy (non-hydrogen) atoms. The topological polar surface area (TPSA) is 95.9 Å². The zero-order valence-corrected chi connectivity index (χ0v) is 17.3. The number of carbonyl (C=O) groups excluding carboxylic acids is 2. The van der Waals surface area contributed by atoms with E-state index in [9.17, 15) is 27.6 Å². The van der Waals surface area contributed by atoms with Gasteiger partial charge in [0.2, 0.25) is 5.91 Å². The molecule has 7 nitrogen and oxygen atoms in total. The van der Waals surface area contributed by atoms with Crippen molar-refractivity contribution in [3.8, 4) is 11.1 Å². The van der Waals surface area contributed by atoms with Gasteiger partial charge in [-0.05, 0) is 28.7 Å². The second-order valence-corrected chi connectivity index (χ2v) is 7.97. The Morgan fingerprint density at radius 3 is 2.12 bits per heavy atom. The summed E-state index contributed by atoms with van der Waals surface area (Å²) >= 11 is 0. The smallest absolute Gasteiger partial charge is 0.407 e. The van der Waals surface area contributed by atoms with Gasteiger partial charge in [-0.25, -0.2) is 9.59 Å². The number of rotatable bonds is 6. The molecule has 0 radical (unpaired) electrons. The van der Waals surface area contributed by atoms with E-state index in [4.69, 9.17) is 9.84 Å². The third kappa shape index (κ3) is 4.37. The maximum Gasteiger partial charge on any atom is 0.407 e. The van der Waals surface area contributed by atoms with Crippen LogP contribution in [0.2, 0.25) is 0 Å². The Bertz CT molecular complexity index is 1040. The Hall–Kier alpha value is -3.56. The number of benzene rings is 2. The minimum absolute atomic E-state index is 0.0761. The number of likely N-dealkylation sites (tertiary alicyclic amines) is 1. The number of alkyl halides is 3. The van der Waals surface area contributed by atoms with Gasteiger partial charge in [0.15, 0.2) is 5.92 Å². The van der Waals surface area contributed by atoms with Crippen LogP contribution in [0.4, 0.5) is 18.0 Å². The van der Waals surface area contributed by atoms with E-state index in [0.29, 0.717) is 4.90 Å². The number of aliphatic carboxylic acids is 1. The third-order valence-corrected chi connectivity index (χ3v) is 6.08. The summed E-state index contributed by atoms with van der Waals surface area (Å²) in [5.41, 5.74) is 3.92. The minimum atomic E-state index is -4.95. The van der Waals surface area contributed by atoms with E-state index < -0.39 is 42.7 Å². The molecule has 2 amide bonds. The summed E-state index contributed by atoms with van der Waals surface area (Å²) < 4.78 is 45.5. The van der Waals surface area contributed by atoms with E-state index in [-0.39, 0.29) is 25.5 Å². The molecule has 1 heterocycles. The van der Waals surface area contributed by atoms with Gasteiger partial charge in [0.25, 0.3) is 0 Å². The van der Waals surface area contributed by atoms with Gasteiger partial charge in [0.05, 0.1) is 0 Å². The van der Waals surface area contributed by atoms with Crippen molar-refractivity contribution in [3.05, 3.63) is 59.7 Å². The normalized spacial score (nSPS) is 18.0. The summed E-state index contributed by atoms with van der Waals surface area (Å²) in [4.78, 5) is 36.2. The Kier molecular flexibility index (Phi) is 6.01. The third-order valence-electron chi connectivity index (χ3n) is 6.08. The standard InChI is InChI=1S/C23H21F3N2O5/c24-23(25,26)18(20(29)28-10-9-19(28)21(30)31)11-27-22(32)33-12-17-15-7-3-1-5-13(15)14-6-2-4-8-16(14)17/h1-8,17-19H,9-12H2,(H,27,32)(H,30,31). The van der Waals surface area contributed by atoms with E-state index in [0.717, 1.165) is 22.3 Å². The van der Waals surface area contributed by atoms with Crippen LogP contribution in [0.25, 0.3) is 11.1 Å². The quantitative estimate of drug-likeness (QED) is 0.686. The zero-order chi connectivity index (χ0) is 23.8. The maximum atomic E-state index is 13.4. The number of nitrogens with zero attached hydrogens (tertiary/aromatic N) is 1. The SMILES string of the molecule is O=C(NCC(C(=O)N1CCC1C(=O)O)C(F)(F)F)OCC1c2ccccc2-c2ccccc21. The van der Waals surface area contributed by atoms with Gasteiger partial charge in [-0.2, -0.15) is 13.2 Å². The van der Waals surface area contributed by atoms with Crippen LogP contribution in [0.1, 0.15) is 23.5 Å². The van der Waals surface area contributed by atoms with Gasteiger partial charge in [-0.3, -0.25) is 4.79 Å². The van der Waals surface area contributed by atoms with Crippen LogP contribution in [-0.4, -0.2) is 59.9 Å². The lowest BCUT2D eigenvalue weighted by Crippen LogP contribution is -2.59. The Labute approximate surface area is 187 Å². The first kappa shape index (κ1) is 22.6. The molecule has 2 aliphatic rings. The van der Waals surface area contributed by atoms with Crippen LogP contribution in [0.5, 0.6) is 0 Å². The predicted octanol–water partition coefficient (Wildman–Crippen LogP) is 3.39. The van der Waals surface area contributed by atoms with Crippen LogP contribution in [0.15, 0.2) is 48.5 Å². The fraction of sp³-hybridized carbons (Fsp3) is 0.348. The lowest BCUT2D eigenvalue weighted by molar-refractivity contribution is -0.194. The van der Waals surface area contributed by atoms with Crippen molar-refractivity contribution in [2.45, 2.75) is 24.6 Å². The molecule has 10 heteroatoms. The van der Waals surface area contributed by atoms with Crippen LogP contribution in [0, 0.1) is 5.92 Å². The van der Waals surface area contributed by atoms with Crippen LogP contribution >= 0.6 is 0 Å². The molecule has 2 unspecified atom stereocenters. The number of carbonyl (C=O) groups is 3. The molecule has 4 rings (SSSR count). The van der Waals surface area contributed by atoms with Crippen molar-refractivity contribution < 1.29 is 37.4 Å². The molecule has 2 N–H and O–H groups in total. The number of carboxylic acid groups (broad SMARTS) is 1. The van der Waals surface area contributed by atoms with Gasteiger partial charge < -0.3 is 20.1 Å². The fourth-order valence-corrected chi connectivity index (χ4v) is 4.29. The van der Waals surface area contributed by atoms with Crippen molar-refractivity contribution in [3.63, 3.8) is 0 Å². The first-order valence-corrected chi connectivity index (χ1v) is 10.4. The van der Waals surface area contributed by atoms with Crippen molar-refractivity contribution >= 4 is 18.0 Å². The van der Waals surface area contributed by atoms with E-state index in [1.54, 1.807) is 0 Å². The highest BCUT2D eigenvalue weighted by molar-refractivity contribution is 5.87. The summed E-state index contributed by atoms with van der Waals surface area (Å²) in [6.07, 6.45) is -5.95. The average Bonchev–Trinajstić information content (AvgIpc) is 3.04. The lowest BCUT2D eigenvalue weighted by Gasteiger charge is -2.40. The number of amides is 2. The molecule has 1 aliphatic carbocycles. The van der Waals surface area contributed by atoms with Crippen molar-refractivity contribution in [2.75, 3.05) is 19.7 Å². The highest BCUT2D eigenvalue weighted by Gasteiger charge is 2.50. The fourth-order valence-electron chi connectivity index (χ4n) is 4.29. The van der Waals surface area contributed by atoms with Gasteiger partial charge in [-0.1, -0.05) is 48.5 Å². The van der Waals surface area contributed by atoms with Crippen LogP contribution in [0.3, 0.4) is 0 Å². The number of nitrogens with one attached hydrogen (secondary N) is 1. The summed E-state index contributed by atoms with van der Waals surface area (Å²) in [5, 5.41) is 11.0. The predicted molar refractivity (Wildman–Crippen MR) is 110 cm³/mol. The molecule has 2 aromatic rings. The van der Waals surface area contributed by atoms with Crippen molar-refractivity contribution in [2.24, 2.45) is 5.92 Å². The molecule has 1 fully saturated rings. The number of halogens is 3. The first-order chi connectivity index (χ1) is 15.7. The largest absolute Gasteiger partial charge is 0.480 e.